The maximum Gasteiger partial charge on any atom is 0.251 e. The fourth-order valence-corrected chi connectivity index (χ4v) is 3.97. The summed E-state index contributed by atoms with van der Waals surface area (Å²) in [4.78, 5) is 12.5. The Hall–Kier alpha value is -1.39. The summed E-state index contributed by atoms with van der Waals surface area (Å²) < 4.78 is 1.03. The van der Waals surface area contributed by atoms with Gasteiger partial charge in [0.2, 0.25) is 0 Å². The second kappa shape index (κ2) is 5.11. The molecule has 108 valence electrons. The fourth-order valence-electron chi connectivity index (χ4n) is 3.59. The zero-order chi connectivity index (χ0) is 14.4. The molecule has 2 fully saturated rings. The zero-order valence-corrected chi connectivity index (χ0v) is 13.2. The molecule has 2 N–H and O–H groups in total. The Balaban J connectivity index is 1.56. The van der Waals surface area contributed by atoms with Crippen LogP contribution in [0, 0.1) is 0 Å². The van der Waals surface area contributed by atoms with Crippen LogP contribution in [0.3, 0.4) is 0 Å². The molecular weight excluding hydrogens is 328 g/mol. The minimum atomic E-state index is 0.0382. The van der Waals surface area contributed by atoms with Gasteiger partial charge < -0.3 is 10.6 Å². The van der Waals surface area contributed by atoms with Gasteiger partial charge in [0.15, 0.2) is 0 Å². The summed E-state index contributed by atoms with van der Waals surface area (Å²) in [5.74, 6) is 0.0382. The molecule has 3 atom stereocenters. The smallest absolute Gasteiger partial charge is 0.251 e. The second-order valence-corrected chi connectivity index (χ2v) is 6.99. The predicted octanol–water partition coefficient (Wildman–Crippen LogP) is 3.23. The number of fused-ring (bicyclic) bond motifs is 3. The first-order chi connectivity index (χ1) is 10.2. The third kappa shape index (κ3) is 2.47. The van der Waals surface area contributed by atoms with E-state index in [1.165, 1.54) is 12.8 Å². The van der Waals surface area contributed by atoms with Crippen molar-refractivity contribution >= 4 is 32.6 Å². The standard InChI is InChI=1S/C17H17BrN2O/c18-13-4-3-10-1-2-11(7-12(10)8-13)17(21)20-16-9-14-5-6-15(16)19-14/h1-4,7-8,14-16,19H,5-6,9H2,(H,20,21). The molecule has 21 heavy (non-hydrogen) atoms. The van der Waals surface area contributed by atoms with Crippen molar-refractivity contribution in [1.82, 2.24) is 10.6 Å². The van der Waals surface area contributed by atoms with Crippen LogP contribution in [0.5, 0.6) is 0 Å². The van der Waals surface area contributed by atoms with E-state index in [0.717, 1.165) is 27.2 Å². The van der Waals surface area contributed by atoms with Crippen LogP contribution in [0.4, 0.5) is 0 Å². The molecule has 2 aromatic rings. The van der Waals surface area contributed by atoms with E-state index >= 15 is 0 Å². The van der Waals surface area contributed by atoms with Crippen molar-refractivity contribution in [2.45, 2.75) is 37.4 Å². The van der Waals surface area contributed by atoms with Crippen LogP contribution in [-0.4, -0.2) is 24.0 Å². The molecule has 3 unspecified atom stereocenters. The van der Waals surface area contributed by atoms with Crippen molar-refractivity contribution in [1.29, 1.82) is 0 Å². The van der Waals surface area contributed by atoms with Crippen molar-refractivity contribution in [3.05, 3.63) is 46.4 Å². The SMILES string of the molecule is O=C(NC1CC2CCC1N2)c1ccc2ccc(Br)cc2c1. The van der Waals surface area contributed by atoms with Crippen LogP contribution in [0.2, 0.25) is 0 Å². The Morgan fingerprint density at radius 2 is 2.00 bits per heavy atom. The van der Waals surface area contributed by atoms with E-state index in [1.807, 2.05) is 30.3 Å². The Labute approximate surface area is 132 Å². The fraction of sp³-hybridized carbons (Fsp3) is 0.353. The minimum Gasteiger partial charge on any atom is -0.348 e. The first-order valence-electron chi connectivity index (χ1n) is 7.45. The summed E-state index contributed by atoms with van der Waals surface area (Å²) in [5.41, 5.74) is 0.739. The molecule has 4 heteroatoms. The molecule has 2 aromatic carbocycles. The molecule has 0 aromatic heterocycles. The average molecular weight is 345 g/mol. The number of carbonyl (C=O) groups is 1. The second-order valence-electron chi connectivity index (χ2n) is 6.07. The maximum absolute atomic E-state index is 12.5. The summed E-state index contributed by atoms with van der Waals surface area (Å²) in [6.45, 7) is 0. The molecule has 0 saturated carbocycles. The number of halogens is 1. The van der Waals surface area contributed by atoms with Gasteiger partial charge in [-0.1, -0.05) is 28.1 Å². The van der Waals surface area contributed by atoms with Gasteiger partial charge >= 0.3 is 0 Å². The number of hydrogen-bond acceptors (Lipinski definition) is 2. The molecule has 2 saturated heterocycles. The van der Waals surface area contributed by atoms with Crippen molar-refractivity contribution in [3.63, 3.8) is 0 Å². The highest BCUT2D eigenvalue weighted by molar-refractivity contribution is 9.10. The number of amides is 1. The topological polar surface area (TPSA) is 41.1 Å². The number of nitrogens with one attached hydrogen (secondary N) is 2. The van der Waals surface area contributed by atoms with Crippen molar-refractivity contribution in [3.8, 4) is 0 Å². The van der Waals surface area contributed by atoms with Gasteiger partial charge in [-0.25, -0.2) is 0 Å². The van der Waals surface area contributed by atoms with Crippen LogP contribution in [0.25, 0.3) is 10.8 Å². The summed E-state index contributed by atoms with van der Waals surface area (Å²) in [6.07, 6.45) is 3.50. The largest absolute Gasteiger partial charge is 0.348 e. The quantitative estimate of drug-likeness (QED) is 0.878. The molecule has 1 amide bonds. The van der Waals surface area contributed by atoms with Gasteiger partial charge in [0, 0.05) is 28.2 Å². The highest BCUT2D eigenvalue weighted by atomic mass is 79.9. The first-order valence-corrected chi connectivity index (χ1v) is 8.24. The highest BCUT2D eigenvalue weighted by Crippen LogP contribution is 2.28. The number of rotatable bonds is 2. The maximum atomic E-state index is 12.5. The molecule has 3 nitrogen and oxygen atoms in total. The molecule has 4 rings (SSSR count). The molecule has 2 bridgehead atoms. The van der Waals surface area contributed by atoms with Gasteiger partial charge in [0.25, 0.3) is 5.91 Å². The van der Waals surface area contributed by atoms with Crippen LogP contribution in [0.1, 0.15) is 29.6 Å². The van der Waals surface area contributed by atoms with Crippen molar-refractivity contribution < 1.29 is 4.79 Å². The Bertz CT molecular complexity index is 715. The summed E-state index contributed by atoms with van der Waals surface area (Å²) in [6, 6.07) is 13.4. The lowest BCUT2D eigenvalue weighted by Crippen LogP contribution is -2.42. The lowest BCUT2D eigenvalue weighted by atomic mass is 9.95. The van der Waals surface area contributed by atoms with Crippen molar-refractivity contribution in [2.24, 2.45) is 0 Å². The number of carbonyl (C=O) groups excluding carboxylic acids is 1. The van der Waals surface area contributed by atoms with Crippen LogP contribution in [-0.2, 0) is 0 Å². The van der Waals surface area contributed by atoms with E-state index in [1.54, 1.807) is 0 Å². The van der Waals surface area contributed by atoms with Crippen LogP contribution < -0.4 is 10.6 Å². The molecule has 2 aliphatic heterocycles. The Morgan fingerprint density at radius 3 is 2.76 bits per heavy atom. The lowest BCUT2D eigenvalue weighted by molar-refractivity contribution is 0.0931. The molecule has 2 aliphatic rings. The van der Waals surface area contributed by atoms with E-state index in [4.69, 9.17) is 0 Å². The third-order valence-electron chi connectivity index (χ3n) is 4.68. The Morgan fingerprint density at radius 1 is 1.14 bits per heavy atom. The summed E-state index contributed by atoms with van der Waals surface area (Å²) >= 11 is 3.48. The summed E-state index contributed by atoms with van der Waals surface area (Å²) in [5, 5.41) is 8.98. The van der Waals surface area contributed by atoms with E-state index < -0.39 is 0 Å². The molecule has 0 radical (unpaired) electrons. The van der Waals surface area contributed by atoms with Gasteiger partial charge in [-0.05, 0) is 54.3 Å². The lowest BCUT2D eigenvalue weighted by Gasteiger charge is -2.21. The zero-order valence-electron chi connectivity index (χ0n) is 11.6. The normalized spacial score (nSPS) is 27.2. The predicted molar refractivity (Wildman–Crippen MR) is 87.5 cm³/mol. The first kappa shape index (κ1) is 13.3. The molecule has 2 heterocycles. The number of benzene rings is 2. The van der Waals surface area contributed by atoms with Gasteiger partial charge in [-0.2, -0.15) is 0 Å². The molecular formula is C17H17BrN2O. The molecule has 0 spiro atoms. The van der Waals surface area contributed by atoms with E-state index in [2.05, 4.69) is 32.6 Å². The van der Waals surface area contributed by atoms with E-state index in [-0.39, 0.29) is 11.9 Å². The monoisotopic (exact) mass is 344 g/mol. The number of hydrogen-bond donors (Lipinski definition) is 2. The van der Waals surface area contributed by atoms with E-state index in [0.29, 0.717) is 12.1 Å². The van der Waals surface area contributed by atoms with Gasteiger partial charge in [-0.3, -0.25) is 4.79 Å². The van der Waals surface area contributed by atoms with Gasteiger partial charge in [-0.15, -0.1) is 0 Å². The van der Waals surface area contributed by atoms with Crippen LogP contribution >= 0.6 is 15.9 Å². The average Bonchev–Trinajstić information content (AvgIpc) is 3.09. The van der Waals surface area contributed by atoms with Crippen molar-refractivity contribution in [2.75, 3.05) is 0 Å². The minimum absolute atomic E-state index is 0.0382. The van der Waals surface area contributed by atoms with Crippen LogP contribution in [0.15, 0.2) is 40.9 Å². The van der Waals surface area contributed by atoms with Gasteiger partial charge in [0.1, 0.15) is 0 Å². The Kier molecular flexibility index (Phi) is 3.23. The summed E-state index contributed by atoms with van der Waals surface area (Å²) in [7, 11) is 0. The van der Waals surface area contributed by atoms with E-state index in [9.17, 15) is 4.79 Å². The third-order valence-corrected chi connectivity index (χ3v) is 5.17. The van der Waals surface area contributed by atoms with Gasteiger partial charge in [0.05, 0.1) is 0 Å². The molecule has 0 aliphatic carbocycles. The highest BCUT2D eigenvalue weighted by Gasteiger charge is 2.39.